The zero-order valence-electron chi connectivity index (χ0n) is 11.2. The van der Waals surface area contributed by atoms with E-state index in [0.717, 1.165) is 22.8 Å². The van der Waals surface area contributed by atoms with E-state index in [1.807, 2.05) is 0 Å². The van der Waals surface area contributed by atoms with Crippen molar-refractivity contribution in [2.75, 3.05) is 12.3 Å². The molecule has 15 heavy (non-hydrogen) atoms. The minimum Gasteiger partial charge on any atom is -0.376 e. The Morgan fingerprint density at radius 3 is 2.33 bits per heavy atom. The molecule has 0 aliphatic rings. The van der Waals surface area contributed by atoms with Crippen LogP contribution in [-0.2, 0) is 0 Å². The zero-order chi connectivity index (χ0) is 11.8. The SMILES string of the molecule is CC/C(=C/C(C)=NC[SiH3])N(C[SiH3])C(C)C. The third kappa shape index (κ3) is 5.32. The lowest BCUT2D eigenvalue weighted by Gasteiger charge is -2.30. The van der Waals surface area contributed by atoms with Crippen molar-refractivity contribution >= 4 is 26.2 Å². The molecule has 0 saturated heterocycles. The van der Waals surface area contributed by atoms with Crippen molar-refractivity contribution in [2.24, 2.45) is 4.99 Å². The van der Waals surface area contributed by atoms with Crippen molar-refractivity contribution in [3.8, 4) is 0 Å². The highest BCUT2D eigenvalue weighted by atomic mass is 28.1. The summed E-state index contributed by atoms with van der Waals surface area (Å²) in [6.45, 7) is 8.87. The molecule has 0 unspecified atom stereocenters. The van der Waals surface area contributed by atoms with E-state index in [4.69, 9.17) is 0 Å². The van der Waals surface area contributed by atoms with Gasteiger partial charge in [0.05, 0.1) is 0 Å². The van der Waals surface area contributed by atoms with Crippen molar-refractivity contribution in [3.63, 3.8) is 0 Å². The lowest BCUT2D eigenvalue weighted by Crippen LogP contribution is -2.31. The maximum atomic E-state index is 4.48. The number of aliphatic imine (C=N–C) groups is 1. The molecule has 0 spiro atoms. The summed E-state index contributed by atoms with van der Waals surface area (Å²) < 4.78 is 0. The first kappa shape index (κ1) is 14.6. The molecule has 0 aromatic carbocycles. The van der Waals surface area contributed by atoms with Crippen molar-refractivity contribution in [2.45, 2.75) is 40.2 Å². The van der Waals surface area contributed by atoms with E-state index in [9.17, 15) is 0 Å². The fourth-order valence-corrected chi connectivity index (χ4v) is 3.46. The number of rotatable bonds is 6. The minimum absolute atomic E-state index is 0.609. The Bertz CT molecular complexity index is 235. The minimum atomic E-state index is 0.609. The van der Waals surface area contributed by atoms with Crippen molar-refractivity contribution < 1.29 is 0 Å². The molecular weight excluding hydrogens is 216 g/mol. The van der Waals surface area contributed by atoms with E-state index >= 15 is 0 Å². The average molecular weight is 243 g/mol. The molecule has 0 rings (SSSR count). The molecule has 4 heteroatoms. The van der Waals surface area contributed by atoms with Gasteiger partial charge in [-0.3, -0.25) is 4.99 Å². The summed E-state index contributed by atoms with van der Waals surface area (Å²) in [6, 6.07) is 0.609. The fourth-order valence-electron chi connectivity index (χ4n) is 1.82. The van der Waals surface area contributed by atoms with Gasteiger partial charge in [0.1, 0.15) is 0 Å². The standard InChI is InChI=1S/C11H26N2Si2/c1-5-11(6-10(4)12-7-14)13(8-15)9(2)3/h6,9H,5,7-8H2,1-4,14-15H3/b11-6-,12-10?. The summed E-state index contributed by atoms with van der Waals surface area (Å²) in [4.78, 5) is 6.97. The van der Waals surface area contributed by atoms with Crippen LogP contribution in [0.25, 0.3) is 0 Å². The Balaban J connectivity index is 4.79. The molecule has 0 bridgehead atoms. The van der Waals surface area contributed by atoms with Gasteiger partial charge in [-0.05, 0) is 33.3 Å². The Kier molecular flexibility index (Phi) is 7.69. The van der Waals surface area contributed by atoms with E-state index in [1.54, 1.807) is 0 Å². The van der Waals surface area contributed by atoms with Crippen LogP contribution in [0.4, 0.5) is 0 Å². The zero-order valence-corrected chi connectivity index (χ0v) is 15.2. The molecule has 2 nitrogen and oxygen atoms in total. The van der Waals surface area contributed by atoms with Crippen molar-refractivity contribution in [3.05, 3.63) is 11.8 Å². The van der Waals surface area contributed by atoms with Gasteiger partial charge in [-0.1, -0.05) is 6.92 Å². The van der Waals surface area contributed by atoms with Gasteiger partial charge in [0.2, 0.25) is 0 Å². The molecule has 0 aromatic rings. The maximum absolute atomic E-state index is 4.48. The number of hydrogen-bond donors (Lipinski definition) is 0. The Morgan fingerprint density at radius 2 is 2.00 bits per heavy atom. The van der Waals surface area contributed by atoms with Gasteiger partial charge in [0.25, 0.3) is 0 Å². The highest BCUT2D eigenvalue weighted by molar-refractivity contribution is 6.10. The Morgan fingerprint density at radius 1 is 1.40 bits per heavy atom. The number of hydrogen-bond acceptors (Lipinski definition) is 2. The summed E-state index contributed by atoms with van der Waals surface area (Å²) in [5, 5.41) is 0. The van der Waals surface area contributed by atoms with Crippen LogP contribution in [0, 0.1) is 0 Å². The normalized spacial score (nSPS) is 13.9. The Hall–Kier alpha value is -0.356. The lowest BCUT2D eigenvalue weighted by molar-refractivity contribution is 0.319. The van der Waals surface area contributed by atoms with E-state index in [2.05, 4.69) is 43.7 Å². The molecule has 0 N–H and O–H groups in total. The highest BCUT2D eigenvalue weighted by Gasteiger charge is 2.09. The monoisotopic (exact) mass is 242 g/mol. The molecule has 88 valence electrons. The molecule has 0 aromatic heterocycles. The van der Waals surface area contributed by atoms with Crippen LogP contribution in [0.3, 0.4) is 0 Å². The molecular formula is C11H26N2Si2. The first-order valence-electron chi connectivity index (χ1n) is 6.04. The second-order valence-corrected chi connectivity index (χ2v) is 5.25. The summed E-state index contributed by atoms with van der Waals surface area (Å²) >= 11 is 0. The molecule has 0 saturated carbocycles. The third-order valence-electron chi connectivity index (χ3n) is 2.48. The lowest BCUT2D eigenvalue weighted by atomic mass is 10.2. The number of nitrogens with zero attached hydrogens (tertiary/aromatic N) is 2. The maximum Gasteiger partial charge on any atom is 0.0330 e. The van der Waals surface area contributed by atoms with Gasteiger partial charge >= 0.3 is 0 Å². The van der Waals surface area contributed by atoms with Crippen LogP contribution in [0.15, 0.2) is 16.8 Å². The van der Waals surface area contributed by atoms with Crippen LogP contribution >= 0.6 is 0 Å². The molecule has 0 fully saturated rings. The van der Waals surface area contributed by atoms with Gasteiger partial charge in [-0.15, -0.1) is 0 Å². The molecule has 0 atom stereocenters. The fraction of sp³-hybridized carbons (Fsp3) is 0.727. The van der Waals surface area contributed by atoms with Crippen molar-refractivity contribution in [1.29, 1.82) is 0 Å². The van der Waals surface area contributed by atoms with E-state index < -0.39 is 0 Å². The second kappa shape index (κ2) is 7.87. The van der Waals surface area contributed by atoms with Crippen LogP contribution in [0.5, 0.6) is 0 Å². The molecule has 0 amide bonds. The van der Waals surface area contributed by atoms with Gasteiger partial charge < -0.3 is 4.90 Å². The first-order chi connectivity index (χ1) is 7.06. The molecule has 0 radical (unpaired) electrons. The highest BCUT2D eigenvalue weighted by Crippen LogP contribution is 2.12. The number of allylic oxidation sites excluding steroid dienone is 2. The van der Waals surface area contributed by atoms with Gasteiger partial charge in [0.15, 0.2) is 0 Å². The van der Waals surface area contributed by atoms with Crippen LogP contribution in [-0.4, -0.2) is 49.5 Å². The van der Waals surface area contributed by atoms with E-state index in [0.29, 0.717) is 6.04 Å². The van der Waals surface area contributed by atoms with Crippen LogP contribution in [0.1, 0.15) is 34.1 Å². The van der Waals surface area contributed by atoms with Gasteiger partial charge in [-0.25, -0.2) is 0 Å². The predicted octanol–water partition coefficient (Wildman–Crippen LogP) is 0.0974. The largest absolute Gasteiger partial charge is 0.376 e. The van der Waals surface area contributed by atoms with Crippen LogP contribution in [0.2, 0.25) is 0 Å². The van der Waals surface area contributed by atoms with Crippen molar-refractivity contribution in [1.82, 2.24) is 4.90 Å². The smallest absolute Gasteiger partial charge is 0.0330 e. The quantitative estimate of drug-likeness (QED) is 0.476. The summed E-state index contributed by atoms with van der Waals surface area (Å²) in [5.74, 6) is 0. The molecule has 0 heterocycles. The van der Waals surface area contributed by atoms with Gasteiger partial charge in [0, 0.05) is 50.3 Å². The predicted molar refractivity (Wildman–Crippen MR) is 78.1 cm³/mol. The molecule has 0 aliphatic carbocycles. The first-order valence-corrected chi connectivity index (χ1v) is 8.87. The summed E-state index contributed by atoms with van der Waals surface area (Å²) in [7, 11) is 2.39. The van der Waals surface area contributed by atoms with Gasteiger partial charge in [-0.2, -0.15) is 0 Å². The topological polar surface area (TPSA) is 15.6 Å². The van der Waals surface area contributed by atoms with E-state index in [-0.39, 0.29) is 0 Å². The summed E-state index contributed by atoms with van der Waals surface area (Å²) in [5.41, 5.74) is 2.62. The second-order valence-electron chi connectivity index (χ2n) is 3.98. The third-order valence-corrected chi connectivity index (χ3v) is 3.48. The van der Waals surface area contributed by atoms with Crippen LogP contribution < -0.4 is 0 Å². The molecule has 0 aliphatic heterocycles. The van der Waals surface area contributed by atoms with E-state index in [1.165, 1.54) is 27.8 Å². The average Bonchev–Trinajstić information content (AvgIpc) is 2.17. The summed E-state index contributed by atoms with van der Waals surface area (Å²) in [6.07, 6.45) is 5.59. The Labute approximate surface area is 101 Å².